The molecule has 96 valence electrons. The Balaban J connectivity index is 1.90. The predicted molar refractivity (Wildman–Crippen MR) is 68.7 cm³/mol. The van der Waals surface area contributed by atoms with Crippen LogP contribution in [0.5, 0.6) is 0 Å². The van der Waals surface area contributed by atoms with E-state index < -0.39 is 10.0 Å². The first-order chi connectivity index (χ1) is 8.68. The number of rotatable bonds is 5. The molecule has 0 bridgehead atoms. The quantitative estimate of drug-likeness (QED) is 0.910. The van der Waals surface area contributed by atoms with Crippen molar-refractivity contribution in [3.8, 4) is 0 Å². The fourth-order valence-electron chi connectivity index (χ4n) is 1.84. The molecule has 1 N–H and O–H groups in total. The summed E-state index contributed by atoms with van der Waals surface area (Å²) in [5.74, 6) is 0. The van der Waals surface area contributed by atoms with Crippen molar-refractivity contribution in [1.82, 2.24) is 14.5 Å². The second-order valence-electron chi connectivity index (χ2n) is 4.29. The molecule has 1 aliphatic carbocycles. The van der Waals surface area contributed by atoms with Crippen molar-refractivity contribution in [3.63, 3.8) is 0 Å². The number of aromatic amines is 1. The summed E-state index contributed by atoms with van der Waals surface area (Å²) >= 11 is 1.58. The van der Waals surface area contributed by atoms with Gasteiger partial charge in [0.15, 0.2) is 0 Å². The Hall–Kier alpha value is -1.18. The summed E-state index contributed by atoms with van der Waals surface area (Å²) in [6.45, 7) is 0.454. The fraction of sp³-hybridized carbons (Fsp3) is 0.364. The fourth-order valence-corrected chi connectivity index (χ4v) is 4.20. The van der Waals surface area contributed by atoms with Gasteiger partial charge in [0.05, 0.1) is 6.20 Å². The lowest BCUT2D eigenvalue weighted by Gasteiger charge is -2.20. The van der Waals surface area contributed by atoms with Gasteiger partial charge in [-0.2, -0.15) is 9.40 Å². The van der Waals surface area contributed by atoms with Crippen LogP contribution in [0.15, 0.2) is 34.8 Å². The molecule has 0 atom stereocenters. The van der Waals surface area contributed by atoms with Gasteiger partial charge in [0.2, 0.25) is 10.0 Å². The van der Waals surface area contributed by atoms with Crippen molar-refractivity contribution in [2.75, 3.05) is 0 Å². The zero-order chi connectivity index (χ0) is 12.6. The highest BCUT2D eigenvalue weighted by molar-refractivity contribution is 7.89. The van der Waals surface area contributed by atoms with E-state index in [0.29, 0.717) is 6.54 Å². The van der Waals surface area contributed by atoms with Crippen molar-refractivity contribution >= 4 is 21.4 Å². The number of hydrogen-bond acceptors (Lipinski definition) is 4. The summed E-state index contributed by atoms with van der Waals surface area (Å²) in [4.78, 5) is 1.31. The largest absolute Gasteiger partial charge is 0.284 e. The minimum Gasteiger partial charge on any atom is -0.284 e. The third kappa shape index (κ3) is 2.21. The zero-order valence-corrected chi connectivity index (χ0v) is 11.2. The molecule has 3 rings (SSSR count). The normalized spacial score (nSPS) is 16.3. The Labute approximate surface area is 110 Å². The van der Waals surface area contributed by atoms with E-state index in [2.05, 4.69) is 10.2 Å². The summed E-state index contributed by atoms with van der Waals surface area (Å²) in [5, 5.41) is 8.24. The van der Waals surface area contributed by atoms with Crippen LogP contribution in [-0.4, -0.2) is 29.0 Å². The molecular weight excluding hydrogens is 270 g/mol. The van der Waals surface area contributed by atoms with Crippen LogP contribution in [0.4, 0.5) is 0 Å². The predicted octanol–water partition coefficient (Wildman–Crippen LogP) is 1.82. The van der Waals surface area contributed by atoms with Crippen LogP contribution >= 0.6 is 11.3 Å². The van der Waals surface area contributed by atoms with E-state index in [1.807, 2.05) is 17.5 Å². The highest BCUT2D eigenvalue weighted by atomic mass is 32.2. The Kier molecular flexibility index (Phi) is 2.96. The van der Waals surface area contributed by atoms with Gasteiger partial charge in [-0.15, -0.1) is 11.3 Å². The Morgan fingerprint density at radius 2 is 2.33 bits per heavy atom. The topological polar surface area (TPSA) is 66.1 Å². The molecule has 18 heavy (non-hydrogen) atoms. The van der Waals surface area contributed by atoms with Crippen LogP contribution in [-0.2, 0) is 16.6 Å². The maximum Gasteiger partial charge on any atom is 0.246 e. The molecule has 7 heteroatoms. The van der Waals surface area contributed by atoms with E-state index in [-0.39, 0.29) is 10.9 Å². The summed E-state index contributed by atoms with van der Waals surface area (Å²) in [7, 11) is -3.42. The SMILES string of the molecule is O=S(=O)(c1cn[nH]c1)N(Cc1cccs1)C1CC1. The number of thiophene rings is 1. The van der Waals surface area contributed by atoms with Crippen LogP contribution < -0.4 is 0 Å². The first kappa shape index (κ1) is 11.9. The molecule has 1 aliphatic rings. The summed E-state index contributed by atoms with van der Waals surface area (Å²) in [6.07, 6.45) is 4.68. The lowest BCUT2D eigenvalue weighted by Crippen LogP contribution is -2.32. The molecule has 0 amide bonds. The Morgan fingerprint density at radius 3 is 2.89 bits per heavy atom. The molecule has 5 nitrogen and oxygen atoms in total. The molecule has 0 radical (unpaired) electrons. The number of nitrogens with zero attached hydrogens (tertiary/aromatic N) is 2. The van der Waals surface area contributed by atoms with E-state index in [9.17, 15) is 8.42 Å². The standard InChI is InChI=1S/C11H13N3O2S2/c15-18(16,11-6-12-13-7-11)14(9-3-4-9)8-10-2-1-5-17-10/h1-2,5-7,9H,3-4,8H2,(H,12,13). The monoisotopic (exact) mass is 283 g/mol. The van der Waals surface area contributed by atoms with Gasteiger partial charge in [0, 0.05) is 23.7 Å². The number of nitrogens with one attached hydrogen (secondary N) is 1. The summed E-state index contributed by atoms with van der Waals surface area (Å²) in [5.41, 5.74) is 0. The zero-order valence-electron chi connectivity index (χ0n) is 9.61. The maximum absolute atomic E-state index is 12.5. The second-order valence-corrected chi connectivity index (χ2v) is 7.22. The maximum atomic E-state index is 12.5. The minimum absolute atomic E-state index is 0.145. The average molecular weight is 283 g/mol. The minimum atomic E-state index is -3.42. The smallest absolute Gasteiger partial charge is 0.246 e. The van der Waals surface area contributed by atoms with E-state index >= 15 is 0 Å². The van der Waals surface area contributed by atoms with Crippen LogP contribution in [0.1, 0.15) is 17.7 Å². The molecule has 1 fully saturated rings. The Morgan fingerprint density at radius 1 is 1.50 bits per heavy atom. The number of sulfonamides is 1. The molecule has 1 saturated carbocycles. The van der Waals surface area contributed by atoms with E-state index in [1.165, 1.54) is 12.4 Å². The van der Waals surface area contributed by atoms with Crippen molar-refractivity contribution in [1.29, 1.82) is 0 Å². The van der Waals surface area contributed by atoms with Crippen LogP contribution in [0.25, 0.3) is 0 Å². The van der Waals surface area contributed by atoms with Gasteiger partial charge in [-0.3, -0.25) is 5.10 Å². The van der Waals surface area contributed by atoms with Crippen LogP contribution in [0.3, 0.4) is 0 Å². The average Bonchev–Trinajstić information content (AvgIpc) is 2.87. The van der Waals surface area contributed by atoms with E-state index in [4.69, 9.17) is 0 Å². The lowest BCUT2D eigenvalue weighted by molar-refractivity contribution is 0.401. The van der Waals surface area contributed by atoms with Crippen molar-refractivity contribution in [2.45, 2.75) is 30.3 Å². The third-order valence-electron chi connectivity index (χ3n) is 2.93. The van der Waals surface area contributed by atoms with Gasteiger partial charge in [-0.1, -0.05) is 6.07 Å². The van der Waals surface area contributed by atoms with Crippen molar-refractivity contribution < 1.29 is 8.42 Å². The molecule has 2 aromatic rings. The van der Waals surface area contributed by atoms with Gasteiger partial charge in [-0.05, 0) is 24.3 Å². The van der Waals surface area contributed by atoms with Gasteiger partial charge in [-0.25, -0.2) is 8.42 Å². The van der Waals surface area contributed by atoms with Gasteiger partial charge in [0.1, 0.15) is 4.90 Å². The van der Waals surface area contributed by atoms with Gasteiger partial charge >= 0.3 is 0 Å². The number of aromatic nitrogens is 2. The van der Waals surface area contributed by atoms with Crippen LogP contribution in [0, 0.1) is 0 Å². The molecule has 0 aromatic carbocycles. The first-order valence-electron chi connectivity index (χ1n) is 5.71. The van der Waals surface area contributed by atoms with E-state index in [0.717, 1.165) is 17.7 Å². The number of hydrogen-bond donors (Lipinski definition) is 1. The van der Waals surface area contributed by atoms with E-state index in [1.54, 1.807) is 15.6 Å². The van der Waals surface area contributed by atoms with Crippen molar-refractivity contribution in [2.24, 2.45) is 0 Å². The van der Waals surface area contributed by atoms with Gasteiger partial charge < -0.3 is 0 Å². The third-order valence-corrected chi connectivity index (χ3v) is 5.65. The van der Waals surface area contributed by atoms with Gasteiger partial charge in [0.25, 0.3) is 0 Å². The van der Waals surface area contributed by atoms with Crippen LogP contribution in [0.2, 0.25) is 0 Å². The number of H-pyrrole nitrogens is 1. The molecule has 0 aliphatic heterocycles. The molecule has 0 spiro atoms. The summed E-state index contributed by atoms with van der Waals surface area (Å²) in [6, 6.07) is 4.05. The molecule has 2 heterocycles. The highest BCUT2D eigenvalue weighted by Crippen LogP contribution is 2.33. The van der Waals surface area contributed by atoms with Crippen molar-refractivity contribution in [3.05, 3.63) is 34.8 Å². The Bertz CT molecular complexity index is 601. The lowest BCUT2D eigenvalue weighted by atomic mass is 10.4. The highest BCUT2D eigenvalue weighted by Gasteiger charge is 2.38. The first-order valence-corrected chi connectivity index (χ1v) is 8.03. The molecule has 0 unspecified atom stereocenters. The summed E-state index contributed by atoms with van der Waals surface area (Å²) < 4.78 is 26.5. The molecular formula is C11H13N3O2S2. The second kappa shape index (κ2) is 4.49. The molecule has 0 saturated heterocycles. The molecule has 2 aromatic heterocycles.